The Bertz CT molecular complexity index is 705. The Kier molecular flexibility index (Phi) is 6.43. The second-order valence-corrected chi connectivity index (χ2v) is 8.34. The predicted octanol–water partition coefficient (Wildman–Crippen LogP) is 2.79. The van der Waals surface area contributed by atoms with Crippen LogP contribution in [0.3, 0.4) is 0 Å². The molecule has 2 aliphatic rings. The predicted molar refractivity (Wildman–Crippen MR) is 114 cm³/mol. The van der Waals surface area contributed by atoms with Crippen LogP contribution >= 0.6 is 0 Å². The van der Waals surface area contributed by atoms with Crippen molar-refractivity contribution in [2.75, 3.05) is 52.4 Å². The second kappa shape index (κ2) is 9.19. The van der Waals surface area contributed by atoms with Crippen LogP contribution in [-0.4, -0.2) is 72.2 Å². The summed E-state index contributed by atoms with van der Waals surface area (Å²) in [5.74, 6) is 0. The molecule has 0 unspecified atom stereocenters. The molecule has 4 rings (SSSR count). The van der Waals surface area contributed by atoms with Crippen molar-refractivity contribution in [1.82, 2.24) is 14.7 Å². The van der Waals surface area contributed by atoms with Crippen LogP contribution in [0.4, 0.5) is 0 Å². The Morgan fingerprint density at radius 2 is 1.14 bits per heavy atom. The minimum atomic E-state index is -0.638. The summed E-state index contributed by atoms with van der Waals surface area (Å²) in [5.41, 5.74) is 1.85. The maximum atomic E-state index is 11.0. The molecule has 0 saturated carbocycles. The molecule has 2 aromatic carbocycles. The van der Waals surface area contributed by atoms with Gasteiger partial charge in [0.25, 0.3) is 0 Å². The smallest absolute Gasteiger partial charge is 0.0920 e. The zero-order chi connectivity index (χ0) is 19.2. The van der Waals surface area contributed by atoms with Gasteiger partial charge in [-0.2, -0.15) is 0 Å². The highest BCUT2D eigenvalue weighted by Gasteiger charge is 2.33. The standard InChI is InChI=1S/C24H33N3O/c28-24(23-9-5-2-6-10-23)11-13-25(14-12-24)15-16-26-17-19-27(20-18-26)21-22-7-3-1-4-8-22/h1-10,28H,11-21H2. The van der Waals surface area contributed by atoms with E-state index in [4.69, 9.17) is 0 Å². The summed E-state index contributed by atoms with van der Waals surface area (Å²) in [7, 11) is 0. The maximum Gasteiger partial charge on any atom is 0.0920 e. The first kappa shape index (κ1) is 19.6. The van der Waals surface area contributed by atoms with Crippen LogP contribution in [0, 0.1) is 0 Å². The zero-order valence-corrected chi connectivity index (χ0v) is 16.8. The third kappa shape index (κ3) is 5.00. The number of rotatable bonds is 6. The van der Waals surface area contributed by atoms with E-state index in [0.717, 1.165) is 77.3 Å². The summed E-state index contributed by atoms with van der Waals surface area (Å²) in [5, 5.41) is 11.0. The molecule has 28 heavy (non-hydrogen) atoms. The van der Waals surface area contributed by atoms with Crippen LogP contribution in [0.2, 0.25) is 0 Å². The number of nitrogens with zero attached hydrogens (tertiary/aromatic N) is 3. The van der Waals surface area contributed by atoms with Crippen LogP contribution in [0.15, 0.2) is 60.7 Å². The van der Waals surface area contributed by atoms with Gasteiger partial charge in [-0.15, -0.1) is 0 Å². The highest BCUT2D eigenvalue weighted by molar-refractivity contribution is 5.23. The molecule has 2 heterocycles. The number of hydrogen-bond donors (Lipinski definition) is 1. The normalized spacial score (nSPS) is 21.6. The molecule has 0 bridgehead atoms. The van der Waals surface area contributed by atoms with Gasteiger partial charge in [0.1, 0.15) is 0 Å². The van der Waals surface area contributed by atoms with Crippen LogP contribution in [0.25, 0.3) is 0 Å². The third-order valence-electron chi connectivity index (χ3n) is 6.44. The number of hydrogen-bond acceptors (Lipinski definition) is 4. The van der Waals surface area contributed by atoms with E-state index < -0.39 is 5.60 Å². The molecule has 0 radical (unpaired) electrons. The third-order valence-corrected chi connectivity index (χ3v) is 6.44. The average molecular weight is 380 g/mol. The van der Waals surface area contributed by atoms with E-state index in [9.17, 15) is 5.11 Å². The summed E-state index contributed by atoms with van der Waals surface area (Å²) in [4.78, 5) is 7.68. The first-order chi connectivity index (χ1) is 13.7. The van der Waals surface area contributed by atoms with Gasteiger partial charge in [-0.3, -0.25) is 9.80 Å². The molecular weight excluding hydrogens is 346 g/mol. The Balaban J connectivity index is 1.17. The molecule has 0 aliphatic carbocycles. The summed E-state index contributed by atoms with van der Waals surface area (Å²) < 4.78 is 0. The molecule has 2 aliphatic heterocycles. The largest absolute Gasteiger partial charge is 0.385 e. The van der Waals surface area contributed by atoms with Gasteiger partial charge in [-0.25, -0.2) is 0 Å². The van der Waals surface area contributed by atoms with Crippen molar-refractivity contribution in [3.63, 3.8) is 0 Å². The Morgan fingerprint density at radius 3 is 1.75 bits per heavy atom. The molecule has 0 spiro atoms. The molecule has 4 heteroatoms. The minimum absolute atomic E-state index is 0.638. The van der Waals surface area contributed by atoms with Crippen molar-refractivity contribution in [1.29, 1.82) is 0 Å². The lowest BCUT2D eigenvalue weighted by Gasteiger charge is -2.40. The highest BCUT2D eigenvalue weighted by atomic mass is 16.3. The molecule has 1 N–H and O–H groups in total. The van der Waals surface area contributed by atoms with Crippen LogP contribution < -0.4 is 0 Å². The Hall–Kier alpha value is -1.72. The van der Waals surface area contributed by atoms with Gasteiger partial charge in [0.05, 0.1) is 5.60 Å². The molecular formula is C24H33N3O. The molecule has 2 fully saturated rings. The van der Waals surface area contributed by atoms with Crippen molar-refractivity contribution >= 4 is 0 Å². The fourth-order valence-corrected chi connectivity index (χ4v) is 4.48. The van der Waals surface area contributed by atoms with Gasteiger partial charge < -0.3 is 10.0 Å². The van der Waals surface area contributed by atoms with E-state index in [1.165, 1.54) is 5.56 Å². The molecule has 150 valence electrons. The lowest BCUT2D eigenvalue weighted by atomic mass is 9.84. The Labute approximate surface area is 169 Å². The lowest BCUT2D eigenvalue weighted by Crippen LogP contribution is -2.49. The number of likely N-dealkylation sites (tertiary alicyclic amines) is 1. The van der Waals surface area contributed by atoms with E-state index in [2.05, 4.69) is 57.2 Å². The summed E-state index contributed by atoms with van der Waals surface area (Å²) in [6, 6.07) is 21.0. The summed E-state index contributed by atoms with van der Waals surface area (Å²) in [6.45, 7) is 9.93. The van der Waals surface area contributed by atoms with E-state index in [-0.39, 0.29) is 0 Å². The van der Waals surface area contributed by atoms with Crippen molar-refractivity contribution < 1.29 is 5.11 Å². The molecule has 0 aromatic heterocycles. The van der Waals surface area contributed by atoms with E-state index >= 15 is 0 Å². The number of piperazine rings is 1. The SMILES string of the molecule is OC1(c2ccccc2)CCN(CCN2CCN(Cc3ccccc3)CC2)CC1. The molecule has 0 amide bonds. The second-order valence-electron chi connectivity index (χ2n) is 8.34. The fraction of sp³-hybridized carbons (Fsp3) is 0.500. The summed E-state index contributed by atoms with van der Waals surface area (Å²) >= 11 is 0. The van der Waals surface area contributed by atoms with Gasteiger partial charge >= 0.3 is 0 Å². The average Bonchev–Trinajstić information content (AvgIpc) is 2.76. The quantitative estimate of drug-likeness (QED) is 0.836. The highest BCUT2D eigenvalue weighted by Crippen LogP contribution is 2.32. The van der Waals surface area contributed by atoms with Gasteiger partial charge in [-0.05, 0) is 24.0 Å². The van der Waals surface area contributed by atoms with Crippen LogP contribution in [0.5, 0.6) is 0 Å². The number of benzene rings is 2. The van der Waals surface area contributed by atoms with Gasteiger partial charge in [-0.1, -0.05) is 60.7 Å². The van der Waals surface area contributed by atoms with Crippen LogP contribution in [0.1, 0.15) is 24.0 Å². The maximum absolute atomic E-state index is 11.0. The van der Waals surface area contributed by atoms with Gasteiger partial charge in [0.15, 0.2) is 0 Å². The monoisotopic (exact) mass is 379 g/mol. The number of aliphatic hydroxyl groups is 1. The molecule has 2 aromatic rings. The van der Waals surface area contributed by atoms with Crippen molar-refractivity contribution in [2.24, 2.45) is 0 Å². The lowest BCUT2D eigenvalue weighted by molar-refractivity contribution is -0.0280. The molecule has 0 atom stereocenters. The molecule has 2 saturated heterocycles. The van der Waals surface area contributed by atoms with Gasteiger partial charge in [0, 0.05) is 58.9 Å². The number of piperidine rings is 1. The van der Waals surface area contributed by atoms with Crippen molar-refractivity contribution in [3.8, 4) is 0 Å². The van der Waals surface area contributed by atoms with E-state index in [0.29, 0.717) is 0 Å². The van der Waals surface area contributed by atoms with Crippen molar-refractivity contribution in [2.45, 2.75) is 25.0 Å². The van der Waals surface area contributed by atoms with E-state index in [1.807, 2.05) is 18.2 Å². The van der Waals surface area contributed by atoms with Crippen molar-refractivity contribution in [3.05, 3.63) is 71.8 Å². The first-order valence-corrected chi connectivity index (χ1v) is 10.7. The Morgan fingerprint density at radius 1 is 0.643 bits per heavy atom. The zero-order valence-electron chi connectivity index (χ0n) is 16.8. The van der Waals surface area contributed by atoms with Crippen LogP contribution in [-0.2, 0) is 12.1 Å². The van der Waals surface area contributed by atoms with E-state index in [1.54, 1.807) is 0 Å². The fourth-order valence-electron chi connectivity index (χ4n) is 4.48. The minimum Gasteiger partial charge on any atom is -0.385 e. The molecule has 4 nitrogen and oxygen atoms in total. The topological polar surface area (TPSA) is 30.0 Å². The first-order valence-electron chi connectivity index (χ1n) is 10.7. The summed E-state index contributed by atoms with van der Waals surface area (Å²) in [6.07, 6.45) is 1.67. The van der Waals surface area contributed by atoms with Gasteiger partial charge in [0.2, 0.25) is 0 Å².